The van der Waals surface area contributed by atoms with Gasteiger partial charge >= 0.3 is 5.97 Å². The fourth-order valence-electron chi connectivity index (χ4n) is 2.29. The van der Waals surface area contributed by atoms with Gasteiger partial charge in [-0.15, -0.1) is 6.58 Å². The third-order valence-corrected chi connectivity index (χ3v) is 5.29. The van der Waals surface area contributed by atoms with Crippen molar-refractivity contribution in [2.45, 2.75) is 17.9 Å². The van der Waals surface area contributed by atoms with Crippen molar-refractivity contribution in [2.75, 3.05) is 13.7 Å². The zero-order valence-electron chi connectivity index (χ0n) is 15.5. The van der Waals surface area contributed by atoms with Crippen molar-refractivity contribution in [3.05, 3.63) is 72.3 Å². The highest BCUT2D eigenvalue weighted by Crippen LogP contribution is 2.16. The maximum Gasteiger partial charge on any atom is 0.338 e. The zero-order chi connectivity index (χ0) is 20.7. The predicted molar refractivity (Wildman–Crippen MR) is 104 cm³/mol. The second-order valence-corrected chi connectivity index (χ2v) is 7.57. The van der Waals surface area contributed by atoms with Crippen LogP contribution in [0.2, 0.25) is 0 Å². The van der Waals surface area contributed by atoms with Gasteiger partial charge in [-0.25, -0.2) is 17.9 Å². The number of carbonyl (C=O) groups excluding carboxylic acids is 2. The number of ether oxygens (including phenoxy) is 2. The molecular formula is C20H21NO6S. The molecule has 0 saturated carbocycles. The van der Waals surface area contributed by atoms with Gasteiger partial charge in [0.1, 0.15) is 5.75 Å². The molecule has 0 unspecified atom stereocenters. The van der Waals surface area contributed by atoms with E-state index < -0.39 is 22.1 Å². The Balaban J connectivity index is 2.05. The summed E-state index contributed by atoms with van der Waals surface area (Å²) in [5, 5.41) is 0. The molecule has 2 rings (SSSR count). The molecule has 0 amide bonds. The molecule has 2 aromatic rings. The number of ketones is 1. The van der Waals surface area contributed by atoms with Crippen LogP contribution < -0.4 is 9.46 Å². The van der Waals surface area contributed by atoms with E-state index in [1.807, 2.05) is 0 Å². The van der Waals surface area contributed by atoms with Crippen LogP contribution in [0.3, 0.4) is 0 Å². The Labute approximate surface area is 164 Å². The van der Waals surface area contributed by atoms with Crippen LogP contribution in [0, 0.1) is 0 Å². The Morgan fingerprint density at radius 3 is 2.18 bits per heavy atom. The van der Waals surface area contributed by atoms with Gasteiger partial charge in [0.2, 0.25) is 15.8 Å². The van der Waals surface area contributed by atoms with E-state index in [1.54, 1.807) is 24.3 Å². The first kappa shape index (κ1) is 21.3. The number of Topliss-reactive ketones (excluding diaryl/α,β-unsaturated/α-hetero) is 1. The molecule has 28 heavy (non-hydrogen) atoms. The number of hydrogen-bond donors (Lipinski definition) is 1. The number of rotatable bonds is 9. The van der Waals surface area contributed by atoms with Crippen molar-refractivity contribution in [2.24, 2.45) is 0 Å². The van der Waals surface area contributed by atoms with E-state index in [1.165, 1.54) is 44.4 Å². The number of esters is 1. The van der Waals surface area contributed by atoms with Gasteiger partial charge in [0.05, 0.1) is 17.6 Å². The average Bonchev–Trinajstić information content (AvgIpc) is 2.71. The molecule has 0 bridgehead atoms. The summed E-state index contributed by atoms with van der Waals surface area (Å²) >= 11 is 0. The Bertz CT molecular complexity index is 949. The number of carbonyl (C=O) groups is 2. The van der Waals surface area contributed by atoms with Gasteiger partial charge in [-0.2, -0.15) is 0 Å². The quantitative estimate of drug-likeness (QED) is 0.393. The molecule has 2 aromatic carbocycles. The molecule has 7 nitrogen and oxygen atoms in total. The fourth-order valence-corrected chi connectivity index (χ4v) is 3.29. The molecule has 0 aromatic heterocycles. The van der Waals surface area contributed by atoms with Crippen LogP contribution in [-0.4, -0.2) is 39.9 Å². The van der Waals surface area contributed by atoms with Gasteiger partial charge in [-0.3, -0.25) is 4.79 Å². The molecule has 0 heterocycles. The van der Waals surface area contributed by atoms with Crippen LogP contribution in [0.1, 0.15) is 27.6 Å². The summed E-state index contributed by atoms with van der Waals surface area (Å²) in [7, 11) is -2.16. The number of methoxy groups -OCH3 is 1. The van der Waals surface area contributed by atoms with Crippen molar-refractivity contribution in [1.82, 2.24) is 4.72 Å². The molecule has 1 atom stereocenters. The third-order valence-electron chi connectivity index (χ3n) is 3.85. The zero-order valence-corrected chi connectivity index (χ0v) is 16.4. The molecule has 0 saturated heterocycles. The van der Waals surface area contributed by atoms with Crippen molar-refractivity contribution < 1.29 is 27.5 Å². The first-order chi connectivity index (χ1) is 13.3. The van der Waals surface area contributed by atoms with E-state index in [2.05, 4.69) is 11.3 Å². The summed E-state index contributed by atoms with van der Waals surface area (Å²) < 4.78 is 36.6. The van der Waals surface area contributed by atoms with Crippen LogP contribution in [-0.2, 0) is 14.8 Å². The standard InChI is InChI=1S/C20H21NO6S/c1-4-13-21-28(24,25)18-11-7-16(8-12-18)20(23)27-14(2)19(22)15-5-9-17(26-3)10-6-15/h4-12,14,21H,1,13H2,2-3H3/t14-/m1/s1. The summed E-state index contributed by atoms with van der Waals surface area (Å²) in [5.41, 5.74) is 0.521. The second-order valence-electron chi connectivity index (χ2n) is 5.81. The fraction of sp³-hybridized carbons (Fsp3) is 0.200. The van der Waals surface area contributed by atoms with Crippen LogP contribution in [0.5, 0.6) is 5.75 Å². The summed E-state index contributed by atoms with van der Waals surface area (Å²) in [6.07, 6.45) is 0.420. The molecule has 0 radical (unpaired) electrons. The van der Waals surface area contributed by atoms with Gasteiger partial charge < -0.3 is 9.47 Å². The van der Waals surface area contributed by atoms with E-state index in [4.69, 9.17) is 9.47 Å². The minimum atomic E-state index is -3.68. The monoisotopic (exact) mass is 403 g/mol. The lowest BCUT2D eigenvalue weighted by molar-refractivity contribution is 0.0318. The Kier molecular flexibility index (Phi) is 7.08. The first-order valence-corrected chi connectivity index (χ1v) is 9.86. The minimum Gasteiger partial charge on any atom is -0.497 e. The molecule has 8 heteroatoms. The molecule has 0 aliphatic rings. The second kappa shape index (κ2) is 9.29. The Morgan fingerprint density at radius 1 is 1.07 bits per heavy atom. The molecule has 0 spiro atoms. The topological polar surface area (TPSA) is 98.8 Å². The summed E-state index contributed by atoms with van der Waals surface area (Å²) in [5.74, 6) is -0.472. The highest BCUT2D eigenvalue weighted by molar-refractivity contribution is 7.89. The Hall–Kier alpha value is -2.97. The first-order valence-electron chi connectivity index (χ1n) is 8.38. The van der Waals surface area contributed by atoms with Gasteiger partial charge in [0, 0.05) is 12.1 Å². The lowest BCUT2D eigenvalue weighted by atomic mass is 10.1. The number of sulfonamides is 1. The van der Waals surface area contributed by atoms with E-state index in [0.29, 0.717) is 11.3 Å². The molecular weight excluding hydrogens is 382 g/mol. The summed E-state index contributed by atoms with van der Waals surface area (Å²) in [6.45, 7) is 5.01. The van der Waals surface area contributed by atoms with Gasteiger partial charge in [-0.05, 0) is 55.5 Å². The van der Waals surface area contributed by atoms with Crippen molar-refractivity contribution in [3.63, 3.8) is 0 Å². The Morgan fingerprint density at radius 2 is 1.64 bits per heavy atom. The smallest absolute Gasteiger partial charge is 0.338 e. The van der Waals surface area contributed by atoms with Crippen molar-refractivity contribution in [1.29, 1.82) is 0 Å². The summed E-state index contributed by atoms with van der Waals surface area (Å²) in [4.78, 5) is 24.6. The molecule has 1 N–H and O–H groups in total. The highest BCUT2D eigenvalue weighted by atomic mass is 32.2. The molecule has 0 aliphatic heterocycles. The SMILES string of the molecule is C=CCNS(=O)(=O)c1ccc(C(=O)O[C@H](C)C(=O)c2ccc(OC)cc2)cc1. The molecule has 0 aliphatic carbocycles. The van der Waals surface area contributed by atoms with E-state index in [9.17, 15) is 18.0 Å². The number of hydrogen-bond acceptors (Lipinski definition) is 6. The lowest BCUT2D eigenvalue weighted by Gasteiger charge is -2.13. The van der Waals surface area contributed by atoms with Crippen LogP contribution in [0.15, 0.2) is 66.1 Å². The van der Waals surface area contributed by atoms with Gasteiger partial charge in [0.15, 0.2) is 6.10 Å². The predicted octanol–water partition coefficient (Wildman–Crippen LogP) is 2.59. The largest absolute Gasteiger partial charge is 0.497 e. The van der Waals surface area contributed by atoms with E-state index in [0.717, 1.165) is 0 Å². The minimum absolute atomic E-state index is 0.00765. The van der Waals surface area contributed by atoms with E-state index in [-0.39, 0.29) is 22.8 Å². The number of nitrogens with one attached hydrogen (secondary N) is 1. The van der Waals surface area contributed by atoms with Gasteiger partial charge in [-0.1, -0.05) is 6.08 Å². The maximum atomic E-state index is 12.4. The van der Waals surface area contributed by atoms with Crippen molar-refractivity contribution in [3.8, 4) is 5.75 Å². The van der Waals surface area contributed by atoms with Crippen LogP contribution >= 0.6 is 0 Å². The van der Waals surface area contributed by atoms with Crippen LogP contribution in [0.4, 0.5) is 0 Å². The van der Waals surface area contributed by atoms with Crippen molar-refractivity contribution >= 4 is 21.8 Å². The molecule has 148 valence electrons. The van der Waals surface area contributed by atoms with Crippen LogP contribution in [0.25, 0.3) is 0 Å². The molecule has 0 fully saturated rings. The van der Waals surface area contributed by atoms with E-state index >= 15 is 0 Å². The number of benzene rings is 2. The average molecular weight is 403 g/mol. The summed E-state index contributed by atoms with van der Waals surface area (Å²) in [6, 6.07) is 11.7. The maximum absolute atomic E-state index is 12.4. The third kappa shape index (κ3) is 5.28. The van der Waals surface area contributed by atoms with Gasteiger partial charge in [0.25, 0.3) is 0 Å². The lowest BCUT2D eigenvalue weighted by Crippen LogP contribution is -2.25. The normalized spacial score (nSPS) is 12.1. The highest BCUT2D eigenvalue weighted by Gasteiger charge is 2.21.